The van der Waals surface area contributed by atoms with Crippen molar-refractivity contribution in [2.24, 2.45) is 9.98 Å². The molecule has 0 N–H and O–H groups in total. The van der Waals surface area contributed by atoms with Gasteiger partial charge in [-0.3, -0.25) is 4.99 Å². The summed E-state index contributed by atoms with van der Waals surface area (Å²) in [4.78, 5) is 7.19. The Morgan fingerprint density at radius 2 is 3.00 bits per heavy atom. The Morgan fingerprint density at radius 1 is 2.17 bits per heavy atom. The van der Waals surface area contributed by atoms with Gasteiger partial charge in [0.25, 0.3) is 0 Å². The van der Waals surface area contributed by atoms with Crippen molar-refractivity contribution in [3.8, 4) is 0 Å². The lowest BCUT2D eigenvalue weighted by molar-refractivity contribution is 1.35. The Morgan fingerprint density at radius 3 is 3.17 bits per heavy atom. The largest absolute Gasteiger partial charge is 0.265 e. The summed E-state index contributed by atoms with van der Waals surface area (Å²) in [6.45, 7) is 0.130. The first-order valence-corrected chi connectivity index (χ1v) is 1.72. The van der Waals surface area contributed by atoms with E-state index in [1.165, 1.54) is 6.21 Å². The first kappa shape index (κ1) is 1.87. The molecule has 32 valence electrons. The van der Waals surface area contributed by atoms with Crippen LogP contribution in [0.3, 0.4) is 0 Å². The van der Waals surface area contributed by atoms with Gasteiger partial charge in [0.05, 0.1) is 9.24 Å². The summed E-state index contributed by atoms with van der Waals surface area (Å²) < 4.78 is 13.9. The zero-order chi connectivity index (χ0) is 6.20. The molecule has 1 rings (SSSR count). The summed E-state index contributed by atoms with van der Waals surface area (Å²) in [7, 11) is 0. The molecule has 0 amide bonds. The van der Waals surface area contributed by atoms with Crippen LogP contribution in [0.5, 0.6) is 0 Å². The smallest absolute Gasteiger partial charge is 0.120 e. The van der Waals surface area contributed by atoms with E-state index in [1.54, 1.807) is 6.92 Å². The molecule has 0 aromatic rings. The lowest BCUT2D eigenvalue weighted by Gasteiger charge is -1.71. The van der Waals surface area contributed by atoms with Gasteiger partial charge in [-0.1, -0.05) is 0 Å². The highest BCUT2D eigenvalue weighted by molar-refractivity contribution is 5.92. The molecule has 2 nitrogen and oxygen atoms in total. The Kier molecular flexibility index (Phi) is 0.375. The maximum atomic E-state index is 6.95. The van der Waals surface area contributed by atoms with Crippen molar-refractivity contribution in [1.82, 2.24) is 0 Å². The Bertz CT molecular complexity index is 159. The van der Waals surface area contributed by atoms with Gasteiger partial charge in [0.15, 0.2) is 0 Å². The molecule has 0 saturated heterocycles. The summed E-state index contributed by atoms with van der Waals surface area (Å²) in [5.41, 5.74) is 0. The quantitative estimate of drug-likeness (QED) is 0.408. The van der Waals surface area contributed by atoms with Crippen LogP contribution in [-0.4, -0.2) is 18.5 Å². The number of rotatable bonds is 0. The topological polar surface area (TPSA) is 24.7 Å². The molecule has 0 saturated carbocycles. The van der Waals surface area contributed by atoms with E-state index >= 15 is 0 Å². The van der Waals surface area contributed by atoms with Crippen LogP contribution in [0.1, 0.15) is 9.67 Å². The lowest BCUT2D eigenvalue weighted by Crippen LogP contribution is -1.73. The van der Waals surface area contributed by atoms with Gasteiger partial charge in [-0.15, -0.1) is 0 Å². The third kappa shape index (κ3) is 0.455. The summed E-state index contributed by atoms with van der Waals surface area (Å²) in [6, 6.07) is 0. The Labute approximate surface area is 39.4 Å². The van der Waals surface area contributed by atoms with E-state index in [1.807, 2.05) is 0 Å². The second-order valence-electron chi connectivity index (χ2n) is 1.05. The molecule has 0 aromatic heterocycles. The van der Waals surface area contributed by atoms with Crippen LogP contribution in [-0.2, 0) is 0 Å². The molecule has 0 spiro atoms. The van der Waals surface area contributed by atoms with Gasteiger partial charge in [0.1, 0.15) is 5.84 Å². The van der Waals surface area contributed by atoms with Gasteiger partial charge in [0, 0.05) is 6.21 Å². The van der Waals surface area contributed by atoms with Crippen LogP contribution in [0.15, 0.2) is 9.98 Å². The summed E-state index contributed by atoms with van der Waals surface area (Å²) in [5.74, 6) is 0.509. The highest BCUT2D eigenvalue weighted by Crippen LogP contribution is 1.84. The second kappa shape index (κ2) is 1.20. The monoisotopic (exact) mass is 84.1 g/mol. The number of hydrogen-bond donors (Lipinski definition) is 0. The summed E-state index contributed by atoms with van der Waals surface area (Å²) in [5, 5.41) is 0. The van der Waals surface area contributed by atoms with E-state index in [2.05, 4.69) is 9.98 Å². The third-order valence-electron chi connectivity index (χ3n) is 0.535. The number of nitrogens with zero attached hydrogens (tertiary/aromatic N) is 2. The van der Waals surface area contributed by atoms with Crippen molar-refractivity contribution in [2.45, 2.75) is 6.92 Å². The maximum Gasteiger partial charge on any atom is 0.120 e. The standard InChI is InChI=1S/C4H6N2/c1-4-5-2-3-6-4/h2H,3H2,1H3/i3D2. The molecular weight excluding hydrogens is 76.1 g/mol. The fourth-order valence-corrected chi connectivity index (χ4v) is 0.273. The number of hydrogen-bond acceptors (Lipinski definition) is 2. The SMILES string of the molecule is [2H]C1([2H])C=NC(C)=N1. The molecule has 1 heterocycles. The van der Waals surface area contributed by atoms with Crippen molar-refractivity contribution in [3.63, 3.8) is 0 Å². The lowest BCUT2D eigenvalue weighted by atomic mass is 10.7. The van der Waals surface area contributed by atoms with E-state index in [-0.39, 0.29) is 0 Å². The zero-order valence-corrected chi connectivity index (χ0v) is 3.47. The van der Waals surface area contributed by atoms with Crippen LogP contribution in [0.25, 0.3) is 0 Å². The molecule has 0 unspecified atom stereocenters. The van der Waals surface area contributed by atoms with Gasteiger partial charge >= 0.3 is 0 Å². The first-order chi connectivity index (χ1) is 3.60. The highest BCUT2D eigenvalue weighted by atomic mass is 15.0. The molecule has 0 atom stereocenters. The van der Waals surface area contributed by atoms with E-state index in [9.17, 15) is 0 Å². The van der Waals surface area contributed by atoms with Gasteiger partial charge in [-0.25, -0.2) is 4.99 Å². The van der Waals surface area contributed by atoms with E-state index in [0.29, 0.717) is 5.84 Å². The van der Waals surface area contributed by atoms with E-state index < -0.39 is 6.50 Å². The van der Waals surface area contributed by atoms with Crippen molar-refractivity contribution in [2.75, 3.05) is 6.50 Å². The van der Waals surface area contributed by atoms with Crippen LogP contribution in [0.4, 0.5) is 0 Å². The van der Waals surface area contributed by atoms with E-state index in [0.717, 1.165) is 0 Å². The van der Waals surface area contributed by atoms with Crippen LogP contribution >= 0.6 is 0 Å². The fraction of sp³-hybridized carbons (Fsp3) is 0.500. The molecule has 2 heteroatoms. The zero-order valence-electron chi connectivity index (χ0n) is 5.47. The fourth-order valence-electron chi connectivity index (χ4n) is 0.273. The van der Waals surface area contributed by atoms with Gasteiger partial charge in [-0.05, 0) is 6.92 Å². The predicted octanol–water partition coefficient (Wildman–Crippen LogP) is 0.489. The Hall–Kier alpha value is -0.660. The second-order valence-corrected chi connectivity index (χ2v) is 1.05. The summed E-state index contributed by atoms with van der Waals surface area (Å²) in [6.07, 6.45) is 1.20. The highest BCUT2D eigenvalue weighted by Gasteiger charge is 1.87. The van der Waals surface area contributed by atoms with Crippen LogP contribution in [0.2, 0.25) is 0 Å². The number of aliphatic imine (C=N–C) groups is 2. The molecule has 0 aromatic carbocycles. The number of amidine groups is 1. The van der Waals surface area contributed by atoms with Gasteiger partial charge in [-0.2, -0.15) is 0 Å². The van der Waals surface area contributed by atoms with E-state index in [4.69, 9.17) is 2.74 Å². The molecule has 1 aliphatic rings. The third-order valence-corrected chi connectivity index (χ3v) is 0.535. The average Bonchev–Trinajstić information content (AvgIpc) is 1.82. The summed E-state index contributed by atoms with van der Waals surface area (Å²) >= 11 is 0. The van der Waals surface area contributed by atoms with Crippen molar-refractivity contribution in [1.29, 1.82) is 0 Å². The van der Waals surface area contributed by atoms with Crippen molar-refractivity contribution in [3.05, 3.63) is 0 Å². The minimum atomic E-state index is -1.54. The van der Waals surface area contributed by atoms with Crippen molar-refractivity contribution >= 4 is 12.1 Å². The van der Waals surface area contributed by atoms with Crippen LogP contribution < -0.4 is 0 Å². The molecule has 1 aliphatic heterocycles. The predicted molar refractivity (Wildman–Crippen MR) is 26.5 cm³/mol. The molecule has 0 aliphatic carbocycles. The minimum absolute atomic E-state index is 0.509. The molecule has 6 heavy (non-hydrogen) atoms. The Balaban J connectivity index is 2.84. The molecule has 0 fully saturated rings. The normalized spacial score (nSPS) is 31.8. The van der Waals surface area contributed by atoms with Gasteiger partial charge < -0.3 is 0 Å². The van der Waals surface area contributed by atoms with Crippen molar-refractivity contribution < 1.29 is 2.74 Å². The average molecular weight is 84.1 g/mol. The molecule has 0 radical (unpaired) electrons. The van der Waals surface area contributed by atoms with Crippen LogP contribution in [0, 0.1) is 0 Å². The molecular formula is C4H6N2. The minimum Gasteiger partial charge on any atom is -0.265 e. The first-order valence-electron chi connectivity index (χ1n) is 2.72. The van der Waals surface area contributed by atoms with Gasteiger partial charge in [0.2, 0.25) is 0 Å². The molecule has 0 bridgehead atoms. The maximum absolute atomic E-state index is 6.95.